The van der Waals surface area contributed by atoms with E-state index >= 15 is 0 Å². The molecule has 0 radical (unpaired) electrons. The van der Waals surface area contributed by atoms with Crippen LogP contribution in [-0.2, 0) is 6.54 Å². The molecule has 0 saturated carbocycles. The van der Waals surface area contributed by atoms with Crippen LogP contribution < -0.4 is 5.32 Å². The van der Waals surface area contributed by atoms with Crippen LogP contribution in [0.1, 0.15) is 15.9 Å². The van der Waals surface area contributed by atoms with Gasteiger partial charge >= 0.3 is 0 Å². The summed E-state index contributed by atoms with van der Waals surface area (Å²) in [5.74, 6) is 0.655. The Morgan fingerprint density at radius 3 is 2.58 bits per heavy atom. The lowest BCUT2D eigenvalue weighted by atomic mass is 10.2. The highest BCUT2D eigenvalue weighted by Crippen LogP contribution is 2.09. The number of carbonyl (C=O) groups is 1. The molecule has 1 N–H and O–H groups in total. The number of nitrogens with zero attached hydrogens (tertiary/aromatic N) is 5. The van der Waals surface area contributed by atoms with Crippen molar-refractivity contribution in [3.05, 3.63) is 90.9 Å². The zero-order valence-corrected chi connectivity index (χ0v) is 13.9. The number of carbonyl (C=O) groups excluding carboxylic acids is 1. The number of benzene rings is 1. The predicted molar refractivity (Wildman–Crippen MR) is 96.1 cm³/mol. The molecule has 26 heavy (non-hydrogen) atoms. The third-order valence-electron chi connectivity index (χ3n) is 3.93. The Labute approximate surface area is 150 Å². The van der Waals surface area contributed by atoms with Gasteiger partial charge in [-0.25, -0.2) is 14.6 Å². The van der Waals surface area contributed by atoms with E-state index in [9.17, 15) is 4.79 Å². The first-order chi connectivity index (χ1) is 12.8. The van der Waals surface area contributed by atoms with E-state index in [1.54, 1.807) is 41.7 Å². The summed E-state index contributed by atoms with van der Waals surface area (Å²) in [6.07, 6.45) is 10.5. The minimum Gasteiger partial charge on any atom is -0.348 e. The Bertz CT molecular complexity index is 974. The lowest BCUT2D eigenvalue weighted by Gasteiger charge is -2.07. The standard InChI is InChI=1S/C19H16N6O/c26-19(16-3-5-17(6-4-16)25-10-1-8-23-25)22-13-15-2-7-18(21-12-15)24-11-9-20-14-24/h1-12,14H,13H2,(H,22,26). The van der Waals surface area contributed by atoms with Crippen molar-refractivity contribution in [3.8, 4) is 11.5 Å². The van der Waals surface area contributed by atoms with E-state index in [0.717, 1.165) is 17.1 Å². The molecule has 7 nitrogen and oxygen atoms in total. The molecular weight excluding hydrogens is 328 g/mol. The van der Waals surface area contributed by atoms with E-state index in [0.29, 0.717) is 12.1 Å². The first-order valence-electron chi connectivity index (χ1n) is 8.11. The van der Waals surface area contributed by atoms with Crippen molar-refractivity contribution in [1.82, 2.24) is 29.6 Å². The number of imidazole rings is 1. The summed E-state index contributed by atoms with van der Waals surface area (Å²) < 4.78 is 3.57. The molecule has 0 bridgehead atoms. The third kappa shape index (κ3) is 3.36. The van der Waals surface area contributed by atoms with Crippen molar-refractivity contribution >= 4 is 5.91 Å². The number of pyridine rings is 1. The topological polar surface area (TPSA) is 77.6 Å². The fraction of sp³-hybridized carbons (Fsp3) is 0.0526. The van der Waals surface area contributed by atoms with E-state index in [2.05, 4.69) is 20.4 Å². The highest BCUT2D eigenvalue weighted by atomic mass is 16.1. The Hall–Kier alpha value is -3.74. The molecule has 0 spiro atoms. The fourth-order valence-electron chi connectivity index (χ4n) is 2.54. The predicted octanol–water partition coefficient (Wildman–Crippen LogP) is 2.38. The Morgan fingerprint density at radius 1 is 1.04 bits per heavy atom. The van der Waals surface area contributed by atoms with Gasteiger partial charge in [0.15, 0.2) is 0 Å². The molecule has 1 amide bonds. The van der Waals surface area contributed by atoms with E-state index in [4.69, 9.17) is 0 Å². The zero-order chi connectivity index (χ0) is 17.8. The number of nitrogens with one attached hydrogen (secondary N) is 1. The number of amides is 1. The van der Waals surface area contributed by atoms with Gasteiger partial charge in [0.1, 0.15) is 12.1 Å². The van der Waals surface area contributed by atoms with Gasteiger partial charge in [-0.05, 0) is 42.0 Å². The molecule has 4 rings (SSSR count). The van der Waals surface area contributed by atoms with Crippen LogP contribution in [0.5, 0.6) is 0 Å². The Kier molecular flexibility index (Phi) is 4.26. The van der Waals surface area contributed by atoms with Crippen LogP contribution in [0.3, 0.4) is 0 Å². The molecular formula is C19H16N6O. The van der Waals surface area contributed by atoms with E-state index in [-0.39, 0.29) is 5.91 Å². The number of hydrogen-bond donors (Lipinski definition) is 1. The van der Waals surface area contributed by atoms with Gasteiger partial charge in [0, 0.05) is 43.1 Å². The highest BCUT2D eigenvalue weighted by Gasteiger charge is 2.06. The van der Waals surface area contributed by atoms with Crippen LogP contribution in [0.25, 0.3) is 11.5 Å². The summed E-state index contributed by atoms with van der Waals surface area (Å²) in [5.41, 5.74) is 2.44. The number of hydrogen-bond acceptors (Lipinski definition) is 4. The third-order valence-corrected chi connectivity index (χ3v) is 3.93. The minimum absolute atomic E-state index is 0.129. The van der Waals surface area contributed by atoms with Crippen molar-refractivity contribution < 1.29 is 4.79 Å². The van der Waals surface area contributed by atoms with E-state index in [1.807, 2.05) is 47.3 Å². The van der Waals surface area contributed by atoms with E-state index in [1.165, 1.54) is 0 Å². The van der Waals surface area contributed by atoms with Crippen molar-refractivity contribution in [2.24, 2.45) is 0 Å². The number of aromatic nitrogens is 5. The average molecular weight is 344 g/mol. The molecule has 128 valence electrons. The summed E-state index contributed by atoms with van der Waals surface area (Å²) in [6.45, 7) is 0.414. The van der Waals surface area contributed by atoms with Crippen LogP contribution in [-0.4, -0.2) is 30.2 Å². The average Bonchev–Trinajstić information content (AvgIpc) is 3.40. The van der Waals surface area contributed by atoms with Gasteiger partial charge in [0.05, 0.1) is 5.69 Å². The van der Waals surface area contributed by atoms with Crippen LogP contribution in [0.2, 0.25) is 0 Å². The van der Waals surface area contributed by atoms with Crippen LogP contribution in [0, 0.1) is 0 Å². The second kappa shape index (κ2) is 7.02. The van der Waals surface area contributed by atoms with Crippen molar-refractivity contribution in [2.75, 3.05) is 0 Å². The summed E-state index contributed by atoms with van der Waals surface area (Å²) in [7, 11) is 0. The summed E-state index contributed by atoms with van der Waals surface area (Å²) in [6, 6.07) is 13.0. The molecule has 0 saturated heterocycles. The van der Waals surface area contributed by atoms with Gasteiger partial charge in [-0.1, -0.05) is 6.07 Å². The summed E-state index contributed by atoms with van der Waals surface area (Å²) in [5, 5.41) is 7.07. The summed E-state index contributed by atoms with van der Waals surface area (Å²) >= 11 is 0. The highest BCUT2D eigenvalue weighted by molar-refractivity contribution is 5.94. The van der Waals surface area contributed by atoms with Gasteiger partial charge in [0.2, 0.25) is 0 Å². The van der Waals surface area contributed by atoms with Crippen molar-refractivity contribution in [1.29, 1.82) is 0 Å². The molecule has 4 aromatic rings. The Morgan fingerprint density at radius 2 is 1.92 bits per heavy atom. The maximum atomic E-state index is 12.3. The normalized spacial score (nSPS) is 10.6. The van der Waals surface area contributed by atoms with Gasteiger partial charge < -0.3 is 5.32 Å². The molecule has 0 fully saturated rings. The maximum absolute atomic E-state index is 12.3. The quantitative estimate of drug-likeness (QED) is 0.603. The minimum atomic E-state index is -0.129. The molecule has 0 aliphatic rings. The monoisotopic (exact) mass is 344 g/mol. The largest absolute Gasteiger partial charge is 0.348 e. The lowest BCUT2D eigenvalue weighted by Crippen LogP contribution is -2.22. The molecule has 7 heteroatoms. The Balaban J connectivity index is 1.37. The maximum Gasteiger partial charge on any atom is 0.251 e. The molecule has 3 aromatic heterocycles. The second-order valence-corrected chi connectivity index (χ2v) is 5.67. The van der Waals surface area contributed by atoms with Crippen LogP contribution in [0.15, 0.2) is 79.8 Å². The van der Waals surface area contributed by atoms with Gasteiger partial charge in [-0.2, -0.15) is 5.10 Å². The lowest BCUT2D eigenvalue weighted by molar-refractivity contribution is 0.0951. The molecule has 1 aromatic carbocycles. The van der Waals surface area contributed by atoms with Crippen LogP contribution >= 0.6 is 0 Å². The van der Waals surface area contributed by atoms with Gasteiger partial charge in [-0.3, -0.25) is 9.36 Å². The molecule has 3 heterocycles. The van der Waals surface area contributed by atoms with Crippen molar-refractivity contribution in [2.45, 2.75) is 6.54 Å². The first-order valence-corrected chi connectivity index (χ1v) is 8.11. The smallest absolute Gasteiger partial charge is 0.251 e. The van der Waals surface area contributed by atoms with Gasteiger partial charge in [0.25, 0.3) is 5.91 Å². The van der Waals surface area contributed by atoms with Crippen LogP contribution in [0.4, 0.5) is 0 Å². The van der Waals surface area contributed by atoms with Gasteiger partial charge in [-0.15, -0.1) is 0 Å². The second-order valence-electron chi connectivity index (χ2n) is 5.67. The molecule has 0 aliphatic heterocycles. The van der Waals surface area contributed by atoms with Crippen molar-refractivity contribution in [3.63, 3.8) is 0 Å². The molecule has 0 aliphatic carbocycles. The van der Waals surface area contributed by atoms with E-state index < -0.39 is 0 Å². The first kappa shape index (κ1) is 15.8. The fourth-order valence-corrected chi connectivity index (χ4v) is 2.54. The SMILES string of the molecule is O=C(NCc1ccc(-n2ccnc2)nc1)c1ccc(-n2cccn2)cc1. The zero-order valence-electron chi connectivity index (χ0n) is 13.9. The molecule has 0 unspecified atom stereocenters. The number of rotatable bonds is 5. The molecule has 0 atom stereocenters. The summed E-state index contributed by atoms with van der Waals surface area (Å²) in [4.78, 5) is 20.7.